The van der Waals surface area contributed by atoms with Crippen LogP contribution in [0.15, 0.2) is 0 Å². The number of aliphatic hydroxyl groups is 5. The van der Waals surface area contributed by atoms with E-state index in [9.17, 15) is 37.1 Å². The lowest BCUT2D eigenvalue weighted by Gasteiger charge is -2.49. The lowest BCUT2D eigenvalue weighted by molar-refractivity contribution is -0.454. The van der Waals surface area contributed by atoms with Gasteiger partial charge in [0.1, 0.15) is 18.3 Å². The first-order valence-electron chi connectivity index (χ1n) is 5.99. The molecule has 0 aromatic heterocycles. The van der Waals surface area contributed by atoms with E-state index < -0.39 is 59.3 Å². The van der Waals surface area contributed by atoms with Gasteiger partial charge in [0.15, 0.2) is 0 Å². The molecule has 0 aliphatic heterocycles. The summed E-state index contributed by atoms with van der Waals surface area (Å²) in [6, 6.07) is 0. The first-order valence-corrected chi connectivity index (χ1v) is 10.5. The highest BCUT2D eigenvalue weighted by molar-refractivity contribution is 7.66. The highest BCUT2D eigenvalue weighted by Crippen LogP contribution is 2.67. The van der Waals surface area contributed by atoms with Crippen molar-refractivity contribution in [1.29, 1.82) is 0 Å². The van der Waals surface area contributed by atoms with Crippen molar-refractivity contribution >= 4 is 23.5 Å². The van der Waals surface area contributed by atoms with E-state index in [1.165, 1.54) is 0 Å². The minimum Gasteiger partial charge on any atom is -0.384 e. The van der Waals surface area contributed by atoms with Gasteiger partial charge in [0.05, 0.1) is 0 Å². The molecular formula is C6H12F3O15P3. The average Bonchev–Trinajstić information content (AvgIpc) is 2.37. The van der Waals surface area contributed by atoms with Crippen molar-refractivity contribution < 1.29 is 85.1 Å². The molecule has 0 aromatic rings. The number of hydrogen-bond acceptors (Lipinski definition) is 11. The molecule has 162 valence electrons. The van der Waals surface area contributed by atoms with E-state index in [4.69, 9.17) is 34.9 Å². The first-order chi connectivity index (χ1) is 11.6. The van der Waals surface area contributed by atoms with Crippen LogP contribution in [0.1, 0.15) is 0 Å². The van der Waals surface area contributed by atoms with Gasteiger partial charge in [-0.25, -0.2) is 22.5 Å². The van der Waals surface area contributed by atoms with Crippen LogP contribution in [0.3, 0.4) is 0 Å². The lowest BCUT2D eigenvalue weighted by atomic mass is 9.79. The summed E-state index contributed by atoms with van der Waals surface area (Å²) >= 11 is 0. The Labute approximate surface area is 145 Å². The fourth-order valence-corrected chi connectivity index (χ4v) is 5.01. The molecule has 9 N–H and O–H groups in total. The molecule has 15 nitrogen and oxygen atoms in total. The van der Waals surface area contributed by atoms with Crippen LogP contribution in [0, 0.1) is 0 Å². The third-order valence-corrected chi connectivity index (χ3v) is 6.84. The first kappa shape index (κ1) is 25.0. The molecule has 27 heavy (non-hydrogen) atoms. The molecule has 2 unspecified atom stereocenters. The number of alkyl halides is 3. The zero-order valence-corrected chi connectivity index (χ0v) is 14.9. The summed E-state index contributed by atoms with van der Waals surface area (Å²) in [7, 11) is -18.2. The van der Waals surface area contributed by atoms with Gasteiger partial charge in [-0.1, -0.05) is 0 Å². The van der Waals surface area contributed by atoms with Crippen molar-refractivity contribution in [3.05, 3.63) is 0 Å². The highest BCUT2D eigenvalue weighted by atomic mass is 31.3. The topological polar surface area (TPSA) is 261 Å². The Morgan fingerprint density at radius 3 is 1.44 bits per heavy atom. The third-order valence-electron chi connectivity index (χ3n) is 3.01. The molecule has 1 aliphatic rings. The molecule has 0 heterocycles. The number of hydrogen-bond donors (Lipinski definition) is 9. The number of halogens is 3. The van der Waals surface area contributed by atoms with Crippen LogP contribution in [0.4, 0.5) is 13.2 Å². The van der Waals surface area contributed by atoms with E-state index in [1.807, 2.05) is 0 Å². The molecule has 8 atom stereocenters. The van der Waals surface area contributed by atoms with Crippen LogP contribution in [-0.4, -0.2) is 81.0 Å². The van der Waals surface area contributed by atoms with Crippen molar-refractivity contribution in [2.75, 3.05) is 0 Å². The van der Waals surface area contributed by atoms with Gasteiger partial charge in [-0.2, -0.15) is 13.0 Å². The molecule has 0 spiro atoms. The van der Waals surface area contributed by atoms with Crippen LogP contribution in [0.2, 0.25) is 0 Å². The summed E-state index contributed by atoms with van der Waals surface area (Å²) in [5, 5.41) is 45.5. The molecule has 1 rings (SSSR count). The second-order valence-corrected chi connectivity index (χ2v) is 9.39. The normalized spacial score (nSPS) is 45.1. The molecule has 0 amide bonds. The van der Waals surface area contributed by atoms with Crippen LogP contribution in [0.5, 0.6) is 0 Å². The van der Waals surface area contributed by atoms with Crippen molar-refractivity contribution in [1.82, 2.24) is 0 Å². The molecule has 0 aromatic carbocycles. The maximum absolute atomic E-state index is 13.7. The van der Waals surface area contributed by atoms with Crippen molar-refractivity contribution in [3.63, 3.8) is 0 Å². The predicted octanol–water partition coefficient (Wildman–Crippen LogP) is -2.59. The van der Waals surface area contributed by atoms with Gasteiger partial charge in [-0.15, -0.1) is 0 Å². The quantitative estimate of drug-likeness (QED) is 0.179. The van der Waals surface area contributed by atoms with Gasteiger partial charge >= 0.3 is 41.0 Å². The zero-order chi connectivity index (χ0) is 21.9. The van der Waals surface area contributed by atoms with E-state index in [-0.39, 0.29) is 0 Å². The van der Waals surface area contributed by atoms with Gasteiger partial charge < -0.3 is 45.1 Å². The Hall–Kier alpha value is -0.0000000000000000208. The van der Waals surface area contributed by atoms with Gasteiger partial charge in [-0.05, 0) is 0 Å². The number of phosphoric acid groups is 3. The monoisotopic (exact) mass is 474 g/mol. The summed E-state index contributed by atoms with van der Waals surface area (Å²) in [5.41, 5.74) is 0. The molecule has 0 saturated heterocycles. The van der Waals surface area contributed by atoms with E-state index in [1.54, 1.807) is 0 Å². The summed E-state index contributed by atoms with van der Waals surface area (Å²) in [6.45, 7) is 0. The summed E-state index contributed by atoms with van der Waals surface area (Å²) in [4.78, 5) is 34.6. The van der Waals surface area contributed by atoms with E-state index in [2.05, 4.69) is 13.1 Å². The van der Waals surface area contributed by atoms with Gasteiger partial charge in [0.2, 0.25) is 0 Å². The van der Waals surface area contributed by atoms with Gasteiger partial charge in [0, 0.05) is 0 Å². The Morgan fingerprint density at radius 1 is 0.741 bits per heavy atom. The number of phosphoric ester groups is 1. The van der Waals surface area contributed by atoms with Crippen LogP contribution >= 0.6 is 23.5 Å². The second kappa shape index (κ2) is 7.05. The fraction of sp³-hybridized carbons (Fsp3) is 1.00. The Morgan fingerprint density at radius 2 is 1.11 bits per heavy atom. The Bertz CT molecular complexity index is 694. The summed E-state index contributed by atoms with van der Waals surface area (Å²) in [6.07, 6.45) is -10.6. The zero-order valence-electron chi connectivity index (χ0n) is 12.2. The minimum atomic E-state index is -6.26. The fourth-order valence-electron chi connectivity index (χ4n) is 1.81. The van der Waals surface area contributed by atoms with Crippen molar-refractivity contribution in [3.8, 4) is 0 Å². The molecule has 1 fully saturated rings. The standard InChI is InChI=1S/C6H12F3O15P3/c7-4(12)2(10)1(3(11)5(8,13)6(4,9)14)22-26(18,19)24-27(20,21)23-25(15,16)17/h1-3,10-14H,(H,18,19)(H,20,21)(H2,15,16,17)/t1-,2-,3-,4+,5-,6-/m1/s1. The second-order valence-electron chi connectivity index (χ2n) is 5.02. The third kappa shape index (κ3) is 4.95. The molecule has 0 radical (unpaired) electrons. The smallest absolute Gasteiger partial charge is 0.384 e. The molecule has 1 aliphatic carbocycles. The van der Waals surface area contributed by atoms with Crippen molar-refractivity contribution in [2.45, 2.75) is 35.9 Å². The number of aliphatic hydroxyl groups excluding tert-OH is 2. The van der Waals surface area contributed by atoms with E-state index in [0.29, 0.717) is 0 Å². The predicted molar refractivity (Wildman–Crippen MR) is 68.9 cm³/mol. The van der Waals surface area contributed by atoms with Crippen LogP contribution in [0.25, 0.3) is 0 Å². The Kier molecular flexibility index (Phi) is 6.54. The van der Waals surface area contributed by atoms with Gasteiger partial charge in [0.25, 0.3) is 0 Å². The minimum absolute atomic E-state index is 3.09. The van der Waals surface area contributed by atoms with Crippen LogP contribution < -0.4 is 0 Å². The maximum atomic E-state index is 13.7. The lowest BCUT2D eigenvalue weighted by Crippen LogP contribution is -2.78. The highest BCUT2D eigenvalue weighted by Gasteiger charge is 2.79. The largest absolute Gasteiger partial charge is 0.490 e. The van der Waals surface area contributed by atoms with Crippen LogP contribution in [-0.2, 0) is 26.8 Å². The molecule has 0 bridgehead atoms. The SMILES string of the molecule is O=P(O)(O)OP(=O)(O)OP(=O)(O)O[C@H]1[C@@H](O)[C@](O)(F)[C@@](O)(F)[C@](O)(F)[C@@H]1O. The number of rotatable bonds is 6. The average molecular weight is 474 g/mol. The maximum Gasteiger partial charge on any atom is 0.490 e. The molecule has 1 saturated carbocycles. The summed E-state index contributed by atoms with van der Waals surface area (Å²) in [5.74, 6) is -15.8. The van der Waals surface area contributed by atoms with Crippen molar-refractivity contribution in [2.24, 2.45) is 0 Å². The summed E-state index contributed by atoms with van der Waals surface area (Å²) < 4.78 is 84.2. The Balaban J connectivity index is 3.17. The molecule has 21 heteroatoms. The molecular weight excluding hydrogens is 462 g/mol. The van der Waals surface area contributed by atoms with E-state index in [0.717, 1.165) is 0 Å². The van der Waals surface area contributed by atoms with E-state index >= 15 is 0 Å². The van der Waals surface area contributed by atoms with Gasteiger partial charge in [-0.3, -0.25) is 4.52 Å².